The molecule has 2 aromatic rings. The van der Waals surface area contributed by atoms with Gasteiger partial charge in [0.25, 0.3) is 0 Å². The Morgan fingerprint density at radius 1 is 1.14 bits per heavy atom. The number of carbonyl (C=O) groups excluding carboxylic acids is 1. The summed E-state index contributed by atoms with van der Waals surface area (Å²) in [7, 11) is 0. The number of hydrogen-bond acceptors (Lipinski definition) is 5. The highest BCUT2D eigenvalue weighted by atomic mass is 16.3. The third kappa shape index (κ3) is 4.89. The molecule has 5 rings (SSSR count). The summed E-state index contributed by atoms with van der Waals surface area (Å²) in [4.78, 5) is 17.7. The number of likely N-dealkylation sites (tertiary alicyclic amines) is 1. The number of benzene rings is 2. The Bertz CT molecular complexity index is 1180. The predicted octanol–water partition coefficient (Wildman–Crippen LogP) is 3.84. The zero-order valence-electron chi connectivity index (χ0n) is 19.9. The van der Waals surface area contributed by atoms with Crippen LogP contribution in [0.2, 0.25) is 0 Å². The summed E-state index contributed by atoms with van der Waals surface area (Å²) >= 11 is 0. The minimum atomic E-state index is -0.281. The van der Waals surface area contributed by atoms with Gasteiger partial charge >= 0.3 is 6.03 Å². The number of nitrogens with zero attached hydrogens (tertiary/aromatic N) is 4. The van der Waals surface area contributed by atoms with Gasteiger partial charge in [0, 0.05) is 37.9 Å². The van der Waals surface area contributed by atoms with Crippen LogP contribution in [0.3, 0.4) is 0 Å². The molecular formula is C28H31N5O2. The van der Waals surface area contributed by atoms with Crippen molar-refractivity contribution in [1.82, 2.24) is 9.80 Å². The van der Waals surface area contributed by atoms with Crippen LogP contribution in [0.4, 0.5) is 10.5 Å². The minimum Gasteiger partial charge on any atom is -0.392 e. The van der Waals surface area contributed by atoms with Crippen LogP contribution in [0.15, 0.2) is 48.5 Å². The lowest BCUT2D eigenvalue weighted by Gasteiger charge is -2.37. The van der Waals surface area contributed by atoms with E-state index in [1.165, 1.54) is 5.56 Å². The molecule has 0 spiro atoms. The van der Waals surface area contributed by atoms with Crippen LogP contribution in [0.1, 0.15) is 48.8 Å². The second-order valence-corrected chi connectivity index (χ2v) is 10.2. The number of nitrogens with one attached hydrogen (secondary N) is 1. The Labute approximate surface area is 206 Å². The molecule has 0 aromatic heterocycles. The van der Waals surface area contributed by atoms with E-state index in [-0.39, 0.29) is 23.6 Å². The van der Waals surface area contributed by atoms with E-state index in [2.05, 4.69) is 28.4 Å². The van der Waals surface area contributed by atoms with Crippen molar-refractivity contribution in [3.05, 3.63) is 65.2 Å². The lowest BCUT2D eigenvalue weighted by Crippen LogP contribution is -2.48. The van der Waals surface area contributed by atoms with Crippen molar-refractivity contribution in [2.75, 3.05) is 31.5 Å². The van der Waals surface area contributed by atoms with Gasteiger partial charge in [-0.15, -0.1) is 0 Å². The van der Waals surface area contributed by atoms with Crippen molar-refractivity contribution >= 4 is 11.7 Å². The number of aliphatic hydroxyl groups is 1. The minimum absolute atomic E-state index is 0.135. The lowest BCUT2D eigenvalue weighted by molar-refractivity contribution is 0.142. The summed E-state index contributed by atoms with van der Waals surface area (Å²) in [6, 6.07) is 19.4. The number of amides is 2. The molecule has 2 aromatic carbocycles. The van der Waals surface area contributed by atoms with Crippen LogP contribution in [0.25, 0.3) is 0 Å². The highest BCUT2D eigenvalue weighted by Crippen LogP contribution is 2.62. The largest absolute Gasteiger partial charge is 0.392 e. The molecule has 35 heavy (non-hydrogen) atoms. The van der Waals surface area contributed by atoms with Crippen molar-refractivity contribution in [3.63, 3.8) is 0 Å². The quantitative estimate of drug-likeness (QED) is 0.669. The molecule has 2 aliphatic carbocycles. The first-order chi connectivity index (χ1) is 17.0. The molecule has 1 heterocycles. The number of β-amino-alcohol motifs (C(OH)–C–C–N with tert-alkyl or cyclic N) is 1. The van der Waals surface area contributed by atoms with E-state index in [1.54, 1.807) is 18.2 Å². The molecule has 180 valence electrons. The van der Waals surface area contributed by atoms with Crippen LogP contribution in [0, 0.1) is 28.6 Å². The number of rotatable bonds is 6. The van der Waals surface area contributed by atoms with Crippen molar-refractivity contribution in [2.24, 2.45) is 5.92 Å². The molecule has 1 saturated heterocycles. The summed E-state index contributed by atoms with van der Waals surface area (Å²) in [6.07, 6.45) is 4.48. The van der Waals surface area contributed by atoms with E-state index in [1.807, 2.05) is 29.2 Å². The highest BCUT2D eigenvalue weighted by Gasteiger charge is 2.58. The fourth-order valence-corrected chi connectivity index (χ4v) is 6.12. The van der Waals surface area contributed by atoms with Crippen molar-refractivity contribution in [3.8, 4) is 12.1 Å². The molecule has 4 atom stereocenters. The first kappa shape index (κ1) is 23.4. The van der Waals surface area contributed by atoms with E-state index < -0.39 is 0 Å². The normalized spacial score (nSPS) is 27.3. The van der Waals surface area contributed by atoms with Crippen LogP contribution in [0.5, 0.6) is 0 Å². The van der Waals surface area contributed by atoms with Gasteiger partial charge in [0.2, 0.25) is 0 Å². The topological polar surface area (TPSA) is 103 Å². The van der Waals surface area contributed by atoms with Gasteiger partial charge in [0.05, 0.1) is 29.4 Å². The molecule has 2 amide bonds. The summed E-state index contributed by atoms with van der Waals surface area (Å²) in [5.41, 5.74) is 3.25. The average Bonchev–Trinajstić information content (AvgIpc) is 3.49. The lowest BCUT2D eigenvalue weighted by atomic mass is 9.80. The zero-order valence-corrected chi connectivity index (χ0v) is 19.9. The number of fused-ring (bicyclic) bond motifs is 1. The second kappa shape index (κ2) is 9.70. The molecule has 0 bridgehead atoms. The highest BCUT2D eigenvalue weighted by molar-refractivity contribution is 5.89. The van der Waals surface area contributed by atoms with Gasteiger partial charge in [0.15, 0.2) is 0 Å². The van der Waals surface area contributed by atoms with Gasteiger partial charge in [-0.2, -0.15) is 10.5 Å². The molecule has 3 aliphatic rings. The average molecular weight is 470 g/mol. The first-order valence-electron chi connectivity index (χ1n) is 12.5. The maximum Gasteiger partial charge on any atom is 0.322 e. The fraction of sp³-hybridized carbons (Fsp3) is 0.464. The monoisotopic (exact) mass is 469 g/mol. The number of anilines is 1. The standard InChI is InChI=1S/C28H31N5O2/c29-17-20-3-1-5-22(13-20)28-9-7-25(15-23(28)16-28)33(12-11-32-10-8-26(34)19-32)27(35)31-24-6-2-4-21(14-24)18-30/h1-6,13-14,23,25-26,34H,7-12,15-16,19H2,(H,31,35)/t23?,25-,26+,28+/m0/s1. The number of urea groups is 1. The summed E-state index contributed by atoms with van der Waals surface area (Å²) in [6.45, 7) is 2.85. The van der Waals surface area contributed by atoms with E-state index in [0.717, 1.165) is 45.2 Å². The smallest absolute Gasteiger partial charge is 0.322 e. The Hall–Kier alpha value is -3.39. The maximum absolute atomic E-state index is 13.5. The molecule has 1 aliphatic heterocycles. The van der Waals surface area contributed by atoms with Crippen molar-refractivity contribution in [1.29, 1.82) is 10.5 Å². The van der Waals surface area contributed by atoms with E-state index >= 15 is 0 Å². The molecule has 7 nitrogen and oxygen atoms in total. The van der Waals surface area contributed by atoms with Crippen LogP contribution >= 0.6 is 0 Å². The van der Waals surface area contributed by atoms with E-state index in [9.17, 15) is 20.4 Å². The molecule has 1 unspecified atom stereocenters. The third-order valence-corrected chi connectivity index (χ3v) is 8.13. The third-order valence-electron chi connectivity index (χ3n) is 8.13. The number of hydrogen-bond donors (Lipinski definition) is 2. The molecule has 2 saturated carbocycles. The van der Waals surface area contributed by atoms with Crippen LogP contribution in [-0.2, 0) is 5.41 Å². The molecule has 2 N–H and O–H groups in total. The van der Waals surface area contributed by atoms with Gasteiger partial charge in [-0.1, -0.05) is 18.2 Å². The van der Waals surface area contributed by atoms with E-state index in [4.69, 9.17) is 0 Å². The Morgan fingerprint density at radius 3 is 2.63 bits per heavy atom. The van der Waals surface area contributed by atoms with Gasteiger partial charge in [-0.3, -0.25) is 4.90 Å². The Balaban J connectivity index is 1.30. The van der Waals surface area contributed by atoms with Crippen molar-refractivity contribution < 1.29 is 9.90 Å². The molecular weight excluding hydrogens is 438 g/mol. The fourth-order valence-electron chi connectivity index (χ4n) is 6.12. The summed E-state index contributed by atoms with van der Waals surface area (Å²) < 4.78 is 0. The van der Waals surface area contributed by atoms with Gasteiger partial charge in [-0.05, 0) is 79.3 Å². The number of nitriles is 2. The van der Waals surface area contributed by atoms with E-state index in [0.29, 0.717) is 35.8 Å². The maximum atomic E-state index is 13.5. The number of carbonyl (C=O) groups is 1. The van der Waals surface area contributed by atoms with Gasteiger partial charge in [-0.25, -0.2) is 4.79 Å². The van der Waals surface area contributed by atoms with Crippen LogP contribution < -0.4 is 5.32 Å². The zero-order chi connectivity index (χ0) is 24.4. The second-order valence-electron chi connectivity index (χ2n) is 10.2. The summed E-state index contributed by atoms with van der Waals surface area (Å²) in [5, 5.41) is 31.4. The first-order valence-corrected chi connectivity index (χ1v) is 12.5. The van der Waals surface area contributed by atoms with Crippen LogP contribution in [-0.4, -0.2) is 59.3 Å². The SMILES string of the molecule is N#Cc1cccc(NC(=O)N(CCN2CC[C@@H](O)C2)[C@H]2CC[C@]3(c4cccc(C#N)c4)CC3C2)c1. The van der Waals surface area contributed by atoms with Gasteiger partial charge in [0.1, 0.15) is 0 Å². The Kier molecular flexibility index (Phi) is 6.47. The summed E-state index contributed by atoms with van der Waals surface area (Å²) in [5.74, 6) is 0.515. The predicted molar refractivity (Wildman–Crippen MR) is 133 cm³/mol. The molecule has 3 fully saturated rings. The molecule has 7 heteroatoms. The number of aliphatic hydroxyl groups excluding tert-OH is 1. The Morgan fingerprint density at radius 2 is 1.91 bits per heavy atom. The van der Waals surface area contributed by atoms with Gasteiger partial charge < -0.3 is 15.3 Å². The molecule has 0 radical (unpaired) electrons. The van der Waals surface area contributed by atoms with Crippen molar-refractivity contribution in [2.45, 2.75) is 49.7 Å².